The van der Waals surface area contributed by atoms with Crippen LogP contribution in [-0.2, 0) is 17.1 Å². The van der Waals surface area contributed by atoms with E-state index in [4.69, 9.17) is 10.2 Å². The predicted octanol–water partition coefficient (Wildman–Crippen LogP) is 4.96. The fourth-order valence-corrected chi connectivity index (χ4v) is 3.69. The van der Waals surface area contributed by atoms with Crippen molar-refractivity contribution in [1.82, 2.24) is 19.9 Å². The monoisotopic (exact) mass is 504 g/mol. The molecule has 9 heteroatoms. The molecular weight excluding hydrogens is 488 g/mol. The van der Waals surface area contributed by atoms with Crippen molar-refractivity contribution in [3.05, 3.63) is 96.6 Å². The molecule has 0 atom stereocenters. The van der Waals surface area contributed by atoms with Crippen molar-refractivity contribution >= 4 is 55.6 Å². The van der Waals surface area contributed by atoms with Gasteiger partial charge in [-0.15, -0.1) is 0 Å². The smallest absolute Gasteiger partial charge is 0.354 e. The Morgan fingerprint density at radius 2 is 0.857 bits per heavy atom. The number of carboxylic acid groups (broad SMARTS) is 2. The Bertz CT molecular complexity index is 1610. The van der Waals surface area contributed by atoms with Crippen molar-refractivity contribution in [1.29, 1.82) is 0 Å². The molecule has 35 heavy (non-hydrogen) atoms. The van der Waals surface area contributed by atoms with E-state index in [2.05, 4.69) is 19.9 Å². The van der Waals surface area contributed by atoms with Gasteiger partial charge in [0.15, 0.2) is 0 Å². The van der Waals surface area contributed by atoms with Gasteiger partial charge >= 0.3 is 11.9 Å². The third-order valence-electron chi connectivity index (χ3n) is 5.30. The molecule has 6 aromatic rings. The van der Waals surface area contributed by atoms with Crippen LogP contribution in [0.5, 0.6) is 0 Å². The summed E-state index contributed by atoms with van der Waals surface area (Å²) in [6, 6.07) is 21.8. The molecule has 172 valence electrons. The number of hydrogen-bond donors (Lipinski definition) is 2. The van der Waals surface area contributed by atoms with E-state index in [0.717, 1.165) is 32.6 Å². The molecule has 0 aliphatic carbocycles. The van der Waals surface area contributed by atoms with E-state index in [1.807, 2.05) is 48.5 Å². The van der Waals surface area contributed by atoms with E-state index in [1.54, 1.807) is 24.5 Å². The molecule has 0 saturated carbocycles. The van der Waals surface area contributed by atoms with Crippen LogP contribution in [0.15, 0.2) is 85.2 Å². The van der Waals surface area contributed by atoms with Crippen molar-refractivity contribution in [3.8, 4) is 0 Å². The SMILES string of the molecule is O=C(O)c1ccc2ccc3cccnc3c2n1.O=C(O)c1ccc2ccc3cccnc3c2n1.[Fe]. The Kier molecular flexibility index (Phi) is 6.64. The first-order valence-corrected chi connectivity index (χ1v) is 10.3. The minimum Gasteiger partial charge on any atom is -0.477 e. The molecule has 4 aromatic heterocycles. The van der Waals surface area contributed by atoms with E-state index in [9.17, 15) is 9.59 Å². The summed E-state index contributed by atoms with van der Waals surface area (Å²) in [5.41, 5.74) is 2.79. The fourth-order valence-electron chi connectivity index (χ4n) is 3.69. The van der Waals surface area contributed by atoms with E-state index >= 15 is 0 Å². The first kappa shape index (κ1) is 23.7. The van der Waals surface area contributed by atoms with Gasteiger partial charge in [-0.25, -0.2) is 19.6 Å². The molecule has 4 heterocycles. The molecule has 6 rings (SSSR count). The summed E-state index contributed by atoms with van der Waals surface area (Å²) in [4.78, 5) is 38.6. The van der Waals surface area contributed by atoms with Gasteiger partial charge in [0.05, 0.1) is 22.1 Å². The van der Waals surface area contributed by atoms with Gasteiger partial charge in [0, 0.05) is 51.0 Å². The van der Waals surface area contributed by atoms with Gasteiger partial charge < -0.3 is 10.2 Å². The molecule has 0 unspecified atom stereocenters. The Balaban J connectivity index is 0.000000160. The molecule has 0 bridgehead atoms. The number of benzene rings is 2. The Hall–Kier alpha value is -4.46. The summed E-state index contributed by atoms with van der Waals surface area (Å²) in [5.74, 6) is -2.06. The van der Waals surface area contributed by atoms with Crippen LogP contribution in [0.1, 0.15) is 21.0 Å². The van der Waals surface area contributed by atoms with Crippen LogP contribution in [0, 0.1) is 0 Å². The molecular formula is C26H16FeN4O4. The van der Waals surface area contributed by atoms with Crippen LogP contribution >= 0.6 is 0 Å². The van der Waals surface area contributed by atoms with Gasteiger partial charge in [-0.05, 0) is 24.3 Å². The van der Waals surface area contributed by atoms with Crippen molar-refractivity contribution in [2.45, 2.75) is 0 Å². The number of aromatic carboxylic acids is 2. The maximum absolute atomic E-state index is 10.9. The summed E-state index contributed by atoms with van der Waals surface area (Å²) in [6.45, 7) is 0. The Morgan fingerprint density at radius 3 is 1.23 bits per heavy atom. The first-order valence-electron chi connectivity index (χ1n) is 10.3. The number of carbonyl (C=O) groups is 2. The Morgan fingerprint density at radius 1 is 0.514 bits per heavy atom. The minimum absolute atomic E-state index is 0. The second kappa shape index (κ2) is 9.80. The van der Waals surface area contributed by atoms with E-state index in [1.165, 1.54) is 12.1 Å². The maximum Gasteiger partial charge on any atom is 0.354 e. The first-order chi connectivity index (χ1) is 16.5. The second-order valence-electron chi connectivity index (χ2n) is 7.43. The topological polar surface area (TPSA) is 126 Å². The summed E-state index contributed by atoms with van der Waals surface area (Å²) < 4.78 is 0. The zero-order chi connectivity index (χ0) is 23.7. The maximum atomic E-state index is 10.9. The molecule has 0 aliphatic rings. The number of hydrogen-bond acceptors (Lipinski definition) is 6. The summed E-state index contributed by atoms with van der Waals surface area (Å²) in [5, 5.41) is 21.6. The van der Waals surface area contributed by atoms with Crippen molar-refractivity contribution in [3.63, 3.8) is 0 Å². The minimum atomic E-state index is -1.03. The van der Waals surface area contributed by atoms with Crippen molar-refractivity contribution < 1.29 is 36.9 Å². The van der Waals surface area contributed by atoms with E-state index < -0.39 is 11.9 Å². The Labute approximate surface area is 208 Å². The summed E-state index contributed by atoms with van der Waals surface area (Å²) in [6.07, 6.45) is 3.35. The third-order valence-corrected chi connectivity index (χ3v) is 5.30. The fraction of sp³-hybridized carbons (Fsp3) is 0. The van der Waals surface area contributed by atoms with Crippen LogP contribution in [0.3, 0.4) is 0 Å². The number of aromatic nitrogens is 4. The van der Waals surface area contributed by atoms with Gasteiger partial charge in [0.1, 0.15) is 11.4 Å². The summed E-state index contributed by atoms with van der Waals surface area (Å²) >= 11 is 0. The molecule has 0 spiro atoms. The van der Waals surface area contributed by atoms with Crippen LogP contribution in [0.25, 0.3) is 43.6 Å². The largest absolute Gasteiger partial charge is 0.477 e. The third kappa shape index (κ3) is 4.63. The molecule has 0 fully saturated rings. The van der Waals surface area contributed by atoms with E-state index in [-0.39, 0.29) is 28.5 Å². The van der Waals surface area contributed by atoms with Crippen LogP contribution in [0.2, 0.25) is 0 Å². The molecule has 0 radical (unpaired) electrons. The average molecular weight is 504 g/mol. The molecule has 2 N–H and O–H groups in total. The standard InChI is InChI=1S/2C13H8N2O2.Fe/c2*16-13(17)10-6-5-9-4-3-8-2-1-7-14-11(8)12(9)15-10;/h2*1-7H,(H,16,17);. The van der Waals surface area contributed by atoms with Gasteiger partial charge in [0.2, 0.25) is 0 Å². The van der Waals surface area contributed by atoms with E-state index in [0.29, 0.717) is 11.0 Å². The summed E-state index contributed by atoms with van der Waals surface area (Å²) in [7, 11) is 0. The zero-order valence-electron chi connectivity index (χ0n) is 17.9. The molecule has 0 aliphatic heterocycles. The normalized spacial score (nSPS) is 10.5. The molecule has 0 amide bonds. The van der Waals surface area contributed by atoms with Gasteiger partial charge in [-0.1, -0.05) is 48.5 Å². The quantitative estimate of drug-likeness (QED) is 0.250. The number of fused-ring (bicyclic) bond motifs is 6. The number of pyridine rings is 4. The van der Waals surface area contributed by atoms with Crippen LogP contribution in [-0.4, -0.2) is 42.1 Å². The second-order valence-corrected chi connectivity index (χ2v) is 7.43. The zero-order valence-corrected chi connectivity index (χ0v) is 19.0. The number of rotatable bonds is 2. The molecule has 2 aromatic carbocycles. The van der Waals surface area contributed by atoms with Gasteiger partial charge in [-0.3, -0.25) is 9.97 Å². The average Bonchev–Trinajstić information content (AvgIpc) is 2.88. The molecule has 8 nitrogen and oxygen atoms in total. The van der Waals surface area contributed by atoms with Gasteiger partial charge in [0.25, 0.3) is 0 Å². The van der Waals surface area contributed by atoms with Crippen molar-refractivity contribution in [2.75, 3.05) is 0 Å². The van der Waals surface area contributed by atoms with Gasteiger partial charge in [-0.2, -0.15) is 0 Å². The van der Waals surface area contributed by atoms with Crippen molar-refractivity contribution in [2.24, 2.45) is 0 Å². The van der Waals surface area contributed by atoms with Crippen LogP contribution in [0.4, 0.5) is 0 Å². The number of nitrogens with zero attached hydrogens (tertiary/aromatic N) is 4. The predicted molar refractivity (Wildman–Crippen MR) is 128 cm³/mol. The van der Waals surface area contributed by atoms with Crippen LogP contribution < -0.4 is 0 Å². The number of carboxylic acids is 2. The molecule has 0 saturated heterocycles.